The van der Waals surface area contributed by atoms with Crippen molar-refractivity contribution in [2.24, 2.45) is 11.7 Å². The van der Waals surface area contributed by atoms with E-state index in [1.807, 2.05) is 35.2 Å². The third kappa shape index (κ3) is 2.39. The van der Waals surface area contributed by atoms with Crippen LogP contribution in [0.4, 0.5) is 0 Å². The maximum atomic E-state index is 12.7. The van der Waals surface area contributed by atoms with Gasteiger partial charge >= 0.3 is 0 Å². The second-order valence-electron chi connectivity index (χ2n) is 5.36. The number of benzene rings is 1. The molecule has 4 heteroatoms. The number of carbonyl (C=O) groups excluding carboxylic acids is 1. The largest absolute Gasteiger partial charge is 0.338 e. The molecule has 0 spiro atoms. The molecule has 0 bridgehead atoms. The molecule has 2 aromatic rings. The molecule has 1 aliphatic heterocycles. The number of carbonyl (C=O) groups is 1. The third-order valence-electron chi connectivity index (χ3n) is 4.02. The summed E-state index contributed by atoms with van der Waals surface area (Å²) in [4.78, 5) is 18.9. The van der Waals surface area contributed by atoms with Gasteiger partial charge in [-0.2, -0.15) is 0 Å². The van der Waals surface area contributed by atoms with Crippen LogP contribution >= 0.6 is 0 Å². The van der Waals surface area contributed by atoms with Gasteiger partial charge in [0.2, 0.25) is 0 Å². The van der Waals surface area contributed by atoms with Gasteiger partial charge in [-0.25, -0.2) is 0 Å². The van der Waals surface area contributed by atoms with E-state index in [0.717, 1.165) is 42.4 Å². The molecule has 1 aromatic heterocycles. The van der Waals surface area contributed by atoms with E-state index < -0.39 is 0 Å². The van der Waals surface area contributed by atoms with Crippen LogP contribution in [-0.4, -0.2) is 35.4 Å². The highest BCUT2D eigenvalue weighted by molar-refractivity contribution is 6.06. The number of rotatable bonds is 3. The van der Waals surface area contributed by atoms with Gasteiger partial charge in [-0.15, -0.1) is 0 Å². The fourth-order valence-corrected chi connectivity index (χ4v) is 2.95. The summed E-state index contributed by atoms with van der Waals surface area (Å²) in [7, 11) is 0. The first-order valence-electron chi connectivity index (χ1n) is 7.12. The van der Waals surface area contributed by atoms with E-state index in [2.05, 4.69) is 4.98 Å². The van der Waals surface area contributed by atoms with Crippen LogP contribution in [0.15, 0.2) is 36.5 Å². The van der Waals surface area contributed by atoms with Gasteiger partial charge < -0.3 is 10.6 Å². The molecule has 3 rings (SSSR count). The molecule has 1 aliphatic rings. The topological polar surface area (TPSA) is 59.2 Å². The highest BCUT2D eigenvalue weighted by atomic mass is 16.2. The van der Waals surface area contributed by atoms with Gasteiger partial charge in [0.15, 0.2) is 0 Å². The van der Waals surface area contributed by atoms with Gasteiger partial charge in [0.1, 0.15) is 0 Å². The van der Waals surface area contributed by atoms with E-state index in [1.165, 1.54) is 0 Å². The molecule has 1 aromatic carbocycles. The minimum absolute atomic E-state index is 0.114. The molecule has 104 valence electrons. The Morgan fingerprint density at radius 2 is 2.25 bits per heavy atom. The fraction of sp³-hybridized carbons (Fsp3) is 0.375. The lowest BCUT2D eigenvalue weighted by atomic mass is 10.1. The molecule has 1 unspecified atom stereocenters. The van der Waals surface area contributed by atoms with Crippen molar-refractivity contribution in [1.82, 2.24) is 9.88 Å². The quantitative estimate of drug-likeness (QED) is 0.927. The van der Waals surface area contributed by atoms with Crippen molar-refractivity contribution in [3.05, 3.63) is 42.1 Å². The molecule has 1 fully saturated rings. The van der Waals surface area contributed by atoms with E-state index in [0.29, 0.717) is 12.5 Å². The molecule has 2 heterocycles. The zero-order chi connectivity index (χ0) is 13.9. The van der Waals surface area contributed by atoms with Gasteiger partial charge in [0.05, 0.1) is 5.52 Å². The molecule has 20 heavy (non-hydrogen) atoms. The molecule has 0 radical (unpaired) electrons. The van der Waals surface area contributed by atoms with Crippen LogP contribution < -0.4 is 5.73 Å². The molecule has 4 nitrogen and oxygen atoms in total. The van der Waals surface area contributed by atoms with Crippen molar-refractivity contribution in [2.45, 2.75) is 12.8 Å². The smallest absolute Gasteiger partial charge is 0.254 e. The molecule has 0 saturated carbocycles. The number of aromatic nitrogens is 1. The lowest BCUT2D eigenvalue weighted by Crippen LogP contribution is -2.29. The Morgan fingerprint density at radius 3 is 3.10 bits per heavy atom. The maximum absolute atomic E-state index is 12.7. The number of likely N-dealkylation sites (tertiary alicyclic amines) is 1. The molecular formula is C16H19N3O. The van der Waals surface area contributed by atoms with E-state index in [4.69, 9.17) is 5.73 Å². The van der Waals surface area contributed by atoms with Gasteiger partial charge in [-0.3, -0.25) is 9.78 Å². The average Bonchev–Trinajstić information content (AvgIpc) is 2.95. The summed E-state index contributed by atoms with van der Waals surface area (Å²) in [6.45, 7) is 2.36. The first kappa shape index (κ1) is 13.1. The summed E-state index contributed by atoms with van der Waals surface area (Å²) in [5.41, 5.74) is 7.23. The lowest BCUT2D eigenvalue weighted by Gasteiger charge is -2.17. The van der Waals surface area contributed by atoms with Crippen molar-refractivity contribution in [3.8, 4) is 0 Å². The average molecular weight is 269 g/mol. The van der Waals surface area contributed by atoms with Crippen LogP contribution in [0.1, 0.15) is 23.2 Å². The Hall–Kier alpha value is -1.94. The van der Waals surface area contributed by atoms with Gasteiger partial charge in [-0.05, 0) is 43.5 Å². The Balaban J connectivity index is 1.86. The molecule has 1 atom stereocenters. The summed E-state index contributed by atoms with van der Waals surface area (Å²) in [6.07, 6.45) is 3.82. The van der Waals surface area contributed by atoms with Crippen LogP contribution in [0.25, 0.3) is 10.9 Å². The number of amides is 1. The fourth-order valence-electron chi connectivity index (χ4n) is 2.95. The Kier molecular flexibility index (Phi) is 3.65. The zero-order valence-electron chi connectivity index (χ0n) is 11.5. The number of hydrogen-bond donors (Lipinski definition) is 1. The minimum atomic E-state index is 0.114. The Morgan fingerprint density at radius 1 is 1.35 bits per heavy atom. The summed E-state index contributed by atoms with van der Waals surface area (Å²) >= 11 is 0. The van der Waals surface area contributed by atoms with Crippen LogP contribution in [0.3, 0.4) is 0 Å². The highest BCUT2D eigenvalue weighted by Crippen LogP contribution is 2.24. The third-order valence-corrected chi connectivity index (χ3v) is 4.02. The number of fused-ring (bicyclic) bond motifs is 1. The minimum Gasteiger partial charge on any atom is -0.338 e. The Labute approximate surface area is 118 Å². The summed E-state index contributed by atoms with van der Waals surface area (Å²) in [5.74, 6) is 0.667. The van der Waals surface area contributed by atoms with E-state index in [1.54, 1.807) is 6.20 Å². The first-order chi connectivity index (χ1) is 9.79. The van der Waals surface area contributed by atoms with Crippen LogP contribution in [0.2, 0.25) is 0 Å². The van der Waals surface area contributed by atoms with Crippen molar-refractivity contribution in [1.29, 1.82) is 0 Å². The molecule has 2 N–H and O–H groups in total. The monoisotopic (exact) mass is 269 g/mol. The van der Waals surface area contributed by atoms with Crippen LogP contribution in [0, 0.1) is 5.92 Å². The molecule has 1 saturated heterocycles. The second kappa shape index (κ2) is 5.59. The van der Waals surface area contributed by atoms with Gasteiger partial charge in [0.25, 0.3) is 5.91 Å². The van der Waals surface area contributed by atoms with Crippen molar-refractivity contribution >= 4 is 16.8 Å². The predicted octanol–water partition coefficient (Wildman–Crippen LogP) is 2.05. The molecular weight excluding hydrogens is 250 g/mol. The number of nitrogens with zero attached hydrogens (tertiary/aromatic N) is 2. The number of pyridine rings is 1. The predicted molar refractivity (Wildman–Crippen MR) is 79.4 cm³/mol. The summed E-state index contributed by atoms with van der Waals surface area (Å²) in [6, 6.07) is 9.56. The van der Waals surface area contributed by atoms with Crippen molar-refractivity contribution in [3.63, 3.8) is 0 Å². The SMILES string of the molecule is NCCC1CCN(C(=O)c2cccc3ncccc23)C1. The highest BCUT2D eigenvalue weighted by Gasteiger charge is 2.27. The second-order valence-corrected chi connectivity index (χ2v) is 5.36. The van der Waals surface area contributed by atoms with Crippen molar-refractivity contribution < 1.29 is 4.79 Å². The van der Waals surface area contributed by atoms with Crippen LogP contribution in [0.5, 0.6) is 0 Å². The first-order valence-corrected chi connectivity index (χ1v) is 7.12. The normalized spacial score (nSPS) is 18.6. The maximum Gasteiger partial charge on any atom is 0.254 e. The summed E-state index contributed by atoms with van der Waals surface area (Å²) < 4.78 is 0. The lowest BCUT2D eigenvalue weighted by molar-refractivity contribution is 0.0788. The van der Waals surface area contributed by atoms with E-state index in [9.17, 15) is 4.79 Å². The summed E-state index contributed by atoms with van der Waals surface area (Å²) in [5, 5.41) is 0.933. The van der Waals surface area contributed by atoms with Crippen LogP contribution in [-0.2, 0) is 0 Å². The zero-order valence-corrected chi connectivity index (χ0v) is 11.5. The molecule has 1 amide bonds. The van der Waals surface area contributed by atoms with E-state index in [-0.39, 0.29) is 5.91 Å². The Bertz CT molecular complexity index is 621. The number of nitrogens with two attached hydrogens (primary N) is 1. The van der Waals surface area contributed by atoms with Crippen molar-refractivity contribution in [2.75, 3.05) is 19.6 Å². The van der Waals surface area contributed by atoms with Gasteiger partial charge in [-0.1, -0.05) is 12.1 Å². The molecule has 0 aliphatic carbocycles. The van der Waals surface area contributed by atoms with Gasteiger partial charge in [0, 0.05) is 30.2 Å². The standard InChI is InChI=1S/C16H19N3O/c17-8-6-12-7-10-19(11-12)16(20)14-3-1-5-15-13(14)4-2-9-18-15/h1-5,9,12H,6-8,10-11,17H2. The number of hydrogen-bond acceptors (Lipinski definition) is 3. The van der Waals surface area contributed by atoms with E-state index >= 15 is 0 Å².